The summed E-state index contributed by atoms with van der Waals surface area (Å²) in [5.74, 6) is 0.815. The molecule has 384 valence electrons. The number of fused-ring (bicyclic) bond motifs is 6. The molecule has 76 heavy (non-hydrogen) atoms. The van der Waals surface area contributed by atoms with Crippen molar-refractivity contribution in [1.29, 1.82) is 0 Å². The second-order valence-corrected chi connectivity index (χ2v) is 30.9. The van der Waals surface area contributed by atoms with Crippen LogP contribution in [0.3, 0.4) is 0 Å². The number of esters is 4. The molecule has 0 saturated carbocycles. The Hall–Kier alpha value is -2.24. The van der Waals surface area contributed by atoms with Crippen molar-refractivity contribution in [3.63, 3.8) is 0 Å². The van der Waals surface area contributed by atoms with Gasteiger partial charge in [-0.05, 0) is 200 Å². The Morgan fingerprint density at radius 1 is 0.289 bits per heavy atom. The summed E-state index contributed by atoms with van der Waals surface area (Å²) in [6, 6.07) is 22.8. The molecule has 0 aliphatic heterocycles. The maximum atomic E-state index is 11.4. The number of thiophene rings is 8. The fourth-order valence-corrected chi connectivity index (χ4v) is 26.8. The van der Waals surface area contributed by atoms with Gasteiger partial charge in [-0.15, -0.1) is 90.7 Å². The molecule has 0 amide bonds. The number of rotatable bonds is 8. The molecule has 0 fully saturated rings. The lowest BCUT2D eigenvalue weighted by Crippen LogP contribution is -2.00. The fourth-order valence-electron chi connectivity index (χ4n) is 8.03. The van der Waals surface area contributed by atoms with Crippen molar-refractivity contribution >= 4 is 301 Å². The number of ether oxygens (including phenoxy) is 4. The highest BCUT2D eigenvalue weighted by Crippen LogP contribution is 2.60. The summed E-state index contributed by atoms with van der Waals surface area (Å²) in [5, 5.41) is 4.30. The van der Waals surface area contributed by atoms with E-state index in [1.165, 1.54) is 46.5 Å². The van der Waals surface area contributed by atoms with E-state index in [9.17, 15) is 19.2 Å². The molecule has 0 aliphatic carbocycles. The number of benzene rings is 4. The third kappa shape index (κ3) is 10.4. The lowest BCUT2D eigenvalue weighted by molar-refractivity contribution is -0.132. The lowest BCUT2D eigenvalue weighted by atomic mass is 10.2. The first-order valence-electron chi connectivity index (χ1n) is 21.7. The van der Waals surface area contributed by atoms with Crippen LogP contribution < -0.4 is 18.9 Å². The van der Waals surface area contributed by atoms with Crippen LogP contribution in [0.2, 0.25) is 0 Å². The minimum atomic E-state index is -0.336. The van der Waals surface area contributed by atoms with Gasteiger partial charge in [0.1, 0.15) is 23.0 Å². The Bertz CT molecular complexity index is 3890. The van der Waals surface area contributed by atoms with E-state index in [0.29, 0.717) is 23.0 Å². The smallest absolute Gasteiger partial charge is 0.308 e. The first-order chi connectivity index (χ1) is 36.2. The van der Waals surface area contributed by atoms with Crippen molar-refractivity contribution in [2.45, 2.75) is 27.7 Å². The van der Waals surface area contributed by atoms with Gasteiger partial charge in [0.05, 0.1) is 75.7 Å². The van der Waals surface area contributed by atoms with Crippen molar-refractivity contribution in [3.05, 3.63) is 109 Å². The van der Waals surface area contributed by atoms with Gasteiger partial charge in [-0.3, -0.25) is 19.2 Å². The standard InChI is InChI=1S/2C26H12Br4O4S4/c2*1-9(31)33-11-3-5-13-15(7-11)35-21(17(13)27)23-19(29)25-26(37-23)20(30)24(38-25)22-18(28)14-6-4-12(34-10(2)32)8-16(14)36-22/h2*3-8H,1-2H3. The molecule has 0 spiro atoms. The van der Waals surface area contributed by atoms with Crippen LogP contribution in [0.15, 0.2) is 109 Å². The van der Waals surface area contributed by atoms with Gasteiger partial charge in [-0.1, -0.05) is 0 Å². The molecule has 8 aromatic heterocycles. The van der Waals surface area contributed by atoms with Crippen LogP contribution in [-0.4, -0.2) is 23.9 Å². The number of halogens is 8. The molecule has 0 aliphatic rings. The van der Waals surface area contributed by atoms with Gasteiger partial charge >= 0.3 is 23.9 Å². The lowest BCUT2D eigenvalue weighted by Gasteiger charge is -2.00. The Balaban J connectivity index is 0.000000162. The van der Waals surface area contributed by atoms with Crippen LogP contribution in [0.1, 0.15) is 27.7 Å². The van der Waals surface area contributed by atoms with Gasteiger partial charge in [0, 0.05) is 85.9 Å². The van der Waals surface area contributed by atoms with Crippen LogP contribution in [0.4, 0.5) is 0 Å². The summed E-state index contributed by atoms with van der Waals surface area (Å²) in [6.45, 7) is 5.61. The van der Waals surface area contributed by atoms with Crippen LogP contribution in [0.25, 0.3) is 98.2 Å². The van der Waals surface area contributed by atoms with E-state index in [2.05, 4.69) is 127 Å². The molecule has 4 aromatic carbocycles. The zero-order valence-electron chi connectivity index (χ0n) is 38.5. The first kappa shape index (κ1) is 55.7. The molecule has 12 aromatic rings. The van der Waals surface area contributed by atoms with E-state index in [1.807, 2.05) is 72.8 Å². The second kappa shape index (κ2) is 22.3. The third-order valence-electron chi connectivity index (χ3n) is 11.1. The Labute approximate surface area is 530 Å². The Morgan fingerprint density at radius 3 is 0.658 bits per heavy atom. The van der Waals surface area contributed by atoms with Gasteiger partial charge in [-0.25, -0.2) is 0 Å². The molecule has 8 heterocycles. The van der Waals surface area contributed by atoms with Gasteiger partial charge in [0.25, 0.3) is 0 Å². The summed E-state index contributed by atoms with van der Waals surface area (Å²) in [7, 11) is 0. The minimum absolute atomic E-state index is 0.336. The van der Waals surface area contributed by atoms with Crippen LogP contribution in [-0.2, 0) is 19.2 Å². The maximum Gasteiger partial charge on any atom is 0.308 e. The molecule has 0 atom stereocenters. The Morgan fingerprint density at radius 2 is 0.474 bits per heavy atom. The minimum Gasteiger partial charge on any atom is -0.427 e. The van der Waals surface area contributed by atoms with Gasteiger partial charge in [0.2, 0.25) is 0 Å². The van der Waals surface area contributed by atoms with E-state index in [0.717, 1.165) is 115 Å². The van der Waals surface area contributed by atoms with E-state index in [-0.39, 0.29) is 23.9 Å². The molecule has 0 radical (unpaired) electrons. The quantitative estimate of drug-likeness (QED) is 0.109. The topological polar surface area (TPSA) is 105 Å². The highest BCUT2D eigenvalue weighted by Gasteiger charge is 2.28. The van der Waals surface area contributed by atoms with Crippen molar-refractivity contribution in [3.8, 4) is 62.0 Å². The van der Waals surface area contributed by atoms with Crippen molar-refractivity contribution < 1.29 is 38.1 Å². The third-order valence-corrected chi connectivity index (χ3v) is 31.1. The predicted octanol–water partition coefficient (Wildman–Crippen LogP) is 23.3. The van der Waals surface area contributed by atoms with Crippen LogP contribution in [0.5, 0.6) is 23.0 Å². The summed E-state index contributed by atoms with van der Waals surface area (Å²) in [5.41, 5.74) is 0. The summed E-state index contributed by atoms with van der Waals surface area (Å²) >= 11 is 44.4. The average molecular weight is 1670 g/mol. The molecule has 0 N–H and O–H groups in total. The normalized spacial score (nSPS) is 11.6. The number of hydrogen-bond donors (Lipinski definition) is 0. The van der Waals surface area contributed by atoms with Crippen molar-refractivity contribution in [2.24, 2.45) is 0 Å². The molecular weight excluding hydrogens is 1650 g/mol. The fraction of sp³-hybridized carbons (Fsp3) is 0.0769. The molecule has 0 bridgehead atoms. The number of hydrogen-bond acceptors (Lipinski definition) is 16. The van der Waals surface area contributed by atoms with E-state index >= 15 is 0 Å². The zero-order valence-corrected chi connectivity index (χ0v) is 57.7. The highest BCUT2D eigenvalue weighted by molar-refractivity contribution is 9.12. The van der Waals surface area contributed by atoms with E-state index in [4.69, 9.17) is 18.9 Å². The zero-order chi connectivity index (χ0) is 53.8. The second-order valence-electron chi connectivity index (χ2n) is 16.3. The van der Waals surface area contributed by atoms with Crippen molar-refractivity contribution in [2.75, 3.05) is 0 Å². The molecule has 0 unspecified atom stereocenters. The number of carbonyl (C=O) groups is 4. The predicted molar refractivity (Wildman–Crippen MR) is 350 cm³/mol. The Kier molecular flexibility index (Phi) is 16.3. The molecular formula is C52H24Br8O8S8. The molecule has 12 rings (SSSR count). The summed E-state index contributed by atoms with van der Waals surface area (Å²) in [6.07, 6.45) is 0. The summed E-state index contributed by atoms with van der Waals surface area (Å²) in [4.78, 5) is 54.6. The van der Waals surface area contributed by atoms with Gasteiger partial charge in [-0.2, -0.15) is 0 Å². The first-order valence-corrected chi connectivity index (χ1v) is 34.6. The van der Waals surface area contributed by atoms with Crippen molar-refractivity contribution in [1.82, 2.24) is 0 Å². The molecule has 8 nitrogen and oxygen atoms in total. The van der Waals surface area contributed by atoms with Gasteiger partial charge in [0.15, 0.2) is 0 Å². The van der Waals surface area contributed by atoms with Crippen LogP contribution >= 0.6 is 218 Å². The van der Waals surface area contributed by atoms with E-state index in [1.54, 1.807) is 90.7 Å². The molecule has 24 heteroatoms. The largest absolute Gasteiger partial charge is 0.427 e. The summed E-state index contributed by atoms with van der Waals surface area (Å²) < 4.78 is 38.2. The van der Waals surface area contributed by atoms with Crippen LogP contribution in [0, 0.1) is 0 Å². The van der Waals surface area contributed by atoms with Gasteiger partial charge < -0.3 is 18.9 Å². The highest BCUT2D eigenvalue weighted by atomic mass is 79.9. The van der Waals surface area contributed by atoms with E-state index < -0.39 is 0 Å². The molecule has 0 saturated heterocycles. The number of carbonyl (C=O) groups excluding carboxylic acids is 4. The SMILES string of the molecule is CC(=O)Oc1ccc2c(Br)c(-c3sc4c(Br)c(-c5sc6cc(OC(C)=O)ccc6c5Br)sc4c3Br)sc2c1.CC(=O)Oc1ccc2c(Br)c(-c3sc4c(Br)c(-c5sc6cc(OC(C)=O)ccc6c5Br)sc4c3Br)sc2c1. The monoisotopic (exact) mass is 1660 g/mol. The maximum absolute atomic E-state index is 11.4. The average Bonchev–Trinajstić information content (AvgIpc) is 4.29.